The second-order valence-corrected chi connectivity index (χ2v) is 3.81. The van der Waals surface area contributed by atoms with E-state index in [4.69, 9.17) is 0 Å². The Bertz CT molecular complexity index is 309. The smallest absolute Gasteiger partial charge is 0.221 e. The van der Waals surface area contributed by atoms with Gasteiger partial charge >= 0.3 is 0 Å². The molecule has 1 N–H and O–H groups in total. The van der Waals surface area contributed by atoms with E-state index < -0.39 is 0 Å². The van der Waals surface area contributed by atoms with Gasteiger partial charge in [0.05, 0.1) is 0 Å². The Morgan fingerprint density at radius 2 is 2.17 bits per heavy atom. The predicted molar refractivity (Wildman–Crippen MR) is 58.2 cm³/mol. The van der Waals surface area contributed by atoms with Crippen LogP contribution in [0.3, 0.4) is 0 Å². The van der Waals surface area contributed by atoms with Crippen molar-refractivity contribution in [2.24, 2.45) is 0 Å². The molecule has 0 spiro atoms. The van der Waals surface area contributed by atoms with Crippen LogP contribution in [0.2, 0.25) is 0 Å². The second-order valence-electron chi connectivity index (χ2n) is 2.65. The first-order valence-electron chi connectivity index (χ1n) is 3.63. The minimum Gasteiger partial charge on any atom is -0.326 e. The fraction of sp³-hybridized carbons (Fsp3) is 0.222. The van der Waals surface area contributed by atoms with Crippen molar-refractivity contribution in [2.75, 3.05) is 5.32 Å². The SMILES string of the molecule is CC(=O)Nc1ccc(C)c(I)c1. The molecule has 64 valence electrons. The minimum absolute atomic E-state index is 0.0327. The third kappa shape index (κ3) is 2.48. The highest BCUT2D eigenvalue weighted by Gasteiger charge is 1.97. The number of hydrogen-bond acceptors (Lipinski definition) is 1. The first-order chi connectivity index (χ1) is 5.59. The fourth-order valence-corrected chi connectivity index (χ4v) is 1.39. The van der Waals surface area contributed by atoms with Gasteiger partial charge in [0.15, 0.2) is 0 Å². The van der Waals surface area contributed by atoms with E-state index in [-0.39, 0.29) is 5.91 Å². The summed E-state index contributed by atoms with van der Waals surface area (Å²) in [6, 6.07) is 5.85. The van der Waals surface area contributed by atoms with Gasteiger partial charge < -0.3 is 5.32 Å². The Morgan fingerprint density at radius 1 is 1.50 bits per heavy atom. The van der Waals surface area contributed by atoms with Crippen molar-refractivity contribution in [1.29, 1.82) is 0 Å². The number of carbonyl (C=O) groups excluding carboxylic acids is 1. The van der Waals surface area contributed by atoms with E-state index in [1.165, 1.54) is 16.1 Å². The van der Waals surface area contributed by atoms with Gasteiger partial charge in [0.25, 0.3) is 0 Å². The highest BCUT2D eigenvalue weighted by molar-refractivity contribution is 14.1. The quantitative estimate of drug-likeness (QED) is 0.784. The molecule has 1 rings (SSSR count). The third-order valence-electron chi connectivity index (χ3n) is 1.49. The third-order valence-corrected chi connectivity index (χ3v) is 2.65. The van der Waals surface area contributed by atoms with Crippen molar-refractivity contribution >= 4 is 34.2 Å². The summed E-state index contributed by atoms with van der Waals surface area (Å²) >= 11 is 2.25. The van der Waals surface area contributed by atoms with Crippen molar-refractivity contribution in [3.63, 3.8) is 0 Å². The summed E-state index contributed by atoms with van der Waals surface area (Å²) in [5.41, 5.74) is 2.09. The predicted octanol–water partition coefficient (Wildman–Crippen LogP) is 2.56. The molecule has 0 aromatic heterocycles. The van der Waals surface area contributed by atoms with E-state index in [2.05, 4.69) is 27.9 Å². The molecule has 0 fully saturated rings. The second kappa shape index (κ2) is 3.89. The highest BCUT2D eigenvalue weighted by Crippen LogP contribution is 2.16. The first-order valence-corrected chi connectivity index (χ1v) is 4.71. The number of rotatable bonds is 1. The average Bonchev–Trinajstić information content (AvgIpc) is 1.96. The Balaban J connectivity index is 2.89. The Hall–Kier alpha value is -0.580. The van der Waals surface area contributed by atoms with Crippen molar-refractivity contribution in [2.45, 2.75) is 13.8 Å². The number of anilines is 1. The molecule has 0 aliphatic heterocycles. The zero-order valence-electron chi connectivity index (χ0n) is 7.02. The van der Waals surface area contributed by atoms with E-state index in [9.17, 15) is 4.79 Å². The molecule has 1 amide bonds. The molecule has 0 aliphatic rings. The van der Waals surface area contributed by atoms with Crippen LogP contribution in [-0.2, 0) is 4.79 Å². The standard InChI is InChI=1S/C9H10INO/c1-6-3-4-8(5-9(6)10)11-7(2)12/h3-5H,1-2H3,(H,11,12). The number of nitrogens with one attached hydrogen (secondary N) is 1. The lowest BCUT2D eigenvalue weighted by atomic mass is 10.2. The summed E-state index contributed by atoms with van der Waals surface area (Å²) in [5, 5.41) is 2.73. The molecular formula is C9H10INO. The first kappa shape index (κ1) is 9.51. The van der Waals surface area contributed by atoms with Crippen LogP contribution in [0, 0.1) is 10.5 Å². The lowest BCUT2D eigenvalue weighted by molar-refractivity contribution is -0.114. The molecule has 0 atom stereocenters. The maximum absolute atomic E-state index is 10.7. The molecule has 0 aliphatic carbocycles. The number of benzene rings is 1. The summed E-state index contributed by atoms with van der Waals surface area (Å²) in [7, 11) is 0. The van der Waals surface area contributed by atoms with Gasteiger partial charge in [-0.2, -0.15) is 0 Å². The van der Waals surface area contributed by atoms with Crippen LogP contribution in [-0.4, -0.2) is 5.91 Å². The Morgan fingerprint density at radius 3 is 2.67 bits per heavy atom. The van der Waals surface area contributed by atoms with Gasteiger partial charge in [0.2, 0.25) is 5.91 Å². The maximum Gasteiger partial charge on any atom is 0.221 e. The van der Waals surface area contributed by atoms with E-state index in [0.29, 0.717) is 0 Å². The molecule has 0 bridgehead atoms. The zero-order chi connectivity index (χ0) is 9.14. The van der Waals surface area contributed by atoms with E-state index in [0.717, 1.165) is 5.69 Å². The van der Waals surface area contributed by atoms with Gasteiger partial charge in [0, 0.05) is 16.2 Å². The van der Waals surface area contributed by atoms with Crippen LogP contribution < -0.4 is 5.32 Å². The minimum atomic E-state index is -0.0327. The van der Waals surface area contributed by atoms with Crippen molar-refractivity contribution < 1.29 is 4.79 Å². The van der Waals surface area contributed by atoms with Crippen LogP contribution >= 0.6 is 22.6 Å². The van der Waals surface area contributed by atoms with Gasteiger partial charge in [-0.25, -0.2) is 0 Å². The number of hydrogen-bond donors (Lipinski definition) is 1. The number of amides is 1. The van der Waals surface area contributed by atoms with Gasteiger partial charge in [-0.15, -0.1) is 0 Å². The lowest BCUT2D eigenvalue weighted by Crippen LogP contribution is -2.05. The summed E-state index contributed by atoms with van der Waals surface area (Å²) < 4.78 is 1.17. The molecule has 1 aromatic carbocycles. The topological polar surface area (TPSA) is 29.1 Å². The summed E-state index contributed by atoms with van der Waals surface area (Å²) in [6.45, 7) is 3.55. The number of carbonyl (C=O) groups is 1. The van der Waals surface area contributed by atoms with Gasteiger partial charge in [-0.3, -0.25) is 4.79 Å². The molecule has 1 aromatic rings. The molecular weight excluding hydrogens is 265 g/mol. The van der Waals surface area contributed by atoms with Crippen LogP contribution in [0.4, 0.5) is 5.69 Å². The molecule has 12 heavy (non-hydrogen) atoms. The summed E-state index contributed by atoms with van der Waals surface area (Å²) in [6.07, 6.45) is 0. The normalized spacial score (nSPS) is 9.58. The van der Waals surface area contributed by atoms with Crippen molar-refractivity contribution in [3.05, 3.63) is 27.3 Å². The number of halogens is 1. The van der Waals surface area contributed by atoms with E-state index in [1.54, 1.807) is 0 Å². The Labute approximate surface area is 85.5 Å². The van der Waals surface area contributed by atoms with Gasteiger partial charge in [0.1, 0.15) is 0 Å². The van der Waals surface area contributed by atoms with Crippen molar-refractivity contribution in [3.8, 4) is 0 Å². The molecule has 0 saturated heterocycles. The Kier molecular flexibility index (Phi) is 3.08. The van der Waals surface area contributed by atoms with Crippen LogP contribution in [0.25, 0.3) is 0 Å². The van der Waals surface area contributed by atoms with Crippen LogP contribution in [0.1, 0.15) is 12.5 Å². The molecule has 0 unspecified atom stereocenters. The van der Waals surface area contributed by atoms with E-state index in [1.807, 2.05) is 25.1 Å². The maximum atomic E-state index is 10.7. The molecule has 0 saturated carbocycles. The monoisotopic (exact) mass is 275 g/mol. The summed E-state index contributed by atoms with van der Waals surface area (Å²) in [4.78, 5) is 10.7. The number of aryl methyl sites for hydroxylation is 1. The zero-order valence-corrected chi connectivity index (χ0v) is 9.18. The molecule has 0 heterocycles. The summed E-state index contributed by atoms with van der Waals surface area (Å²) in [5.74, 6) is -0.0327. The average molecular weight is 275 g/mol. The van der Waals surface area contributed by atoms with Crippen LogP contribution in [0.15, 0.2) is 18.2 Å². The van der Waals surface area contributed by atoms with Gasteiger partial charge in [-0.1, -0.05) is 6.07 Å². The molecule has 2 nitrogen and oxygen atoms in total. The van der Waals surface area contributed by atoms with E-state index >= 15 is 0 Å². The molecule has 0 radical (unpaired) electrons. The van der Waals surface area contributed by atoms with Crippen LogP contribution in [0.5, 0.6) is 0 Å². The molecule has 3 heteroatoms. The highest BCUT2D eigenvalue weighted by atomic mass is 127. The largest absolute Gasteiger partial charge is 0.326 e. The van der Waals surface area contributed by atoms with Gasteiger partial charge in [-0.05, 0) is 47.2 Å². The fourth-order valence-electron chi connectivity index (χ4n) is 0.874. The van der Waals surface area contributed by atoms with Crippen molar-refractivity contribution in [1.82, 2.24) is 0 Å². The lowest BCUT2D eigenvalue weighted by Gasteiger charge is -2.03.